The van der Waals surface area contributed by atoms with E-state index in [2.05, 4.69) is 16.5 Å². The van der Waals surface area contributed by atoms with Gasteiger partial charge in [0.25, 0.3) is 10.0 Å². The normalized spacial score (nSPS) is 19.2. The van der Waals surface area contributed by atoms with E-state index in [0.717, 1.165) is 24.8 Å². The molecule has 1 unspecified atom stereocenters. The maximum absolute atomic E-state index is 13.5. The number of hydrogen-bond acceptors (Lipinski definition) is 4. The molecule has 0 radical (unpaired) electrons. The smallest absolute Gasteiger partial charge is 0.283 e. The summed E-state index contributed by atoms with van der Waals surface area (Å²) in [6.07, 6.45) is 10.7. The van der Waals surface area contributed by atoms with E-state index in [1.807, 2.05) is 12.1 Å². The first-order valence-electron chi connectivity index (χ1n) is 11.2. The standard InChI is InChI=1S/C27H21ClN2O4S/c28-20-10-12-21(13-11-20)35(33,34)29-24-25(27(32)23-9-5-4-8-22(23)26(24)31)30-16-14-19(15-17-30)18-6-2-1-3-7-18/h1-2,4-5,8-18H,3,6-7H2. The fourth-order valence-electron chi connectivity index (χ4n) is 4.41. The van der Waals surface area contributed by atoms with Crippen LogP contribution < -0.4 is 9.67 Å². The molecule has 0 N–H and O–H groups in total. The molecule has 1 aromatic heterocycles. The lowest BCUT2D eigenvalue weighted by Crippen LogP contribution is -2.43. The predicted octanol–water partition coefficient (Wildman–Crippen LogP) is 4.16. The highest BCUT2D eigenvalue weighted by atomic mass is 35.5. The van der Waals surface area contributed by atoms with Gasteiger partial charge in [0.15, 0.2) is 18.1 Å². The van der Waals surface area contributed by atoms with Crippen LogP contribution in [-0.4, -0.2) is 19.9 Å². The zero-order valence-corrected chi connectivity index (χ0v) is 20.2. The Morgan fingerprint density at radius 3 is 2.29 bits per heavy atom. The maximum Gasteiger partial charge on any atom is 0.283 e. The number of aromatic nitrogens is 1. The van der Waals surface area contributed by atoms with Gasteiger partial charge in [-0.25, -0.2) is 0 Å². The fraction of sp³-hybridized carbons (Fsp3) is 0.148. The number of carbonyl (C=O) groups excluding carboxylic acids is 1. The summed E-state index contributed by atoms with van der Waals surface area (Å²) < 4.78 is 31.5. The number of nitrogens with zero attached hydrogens (tertiary/aromatic N) is 2. The molecule has 8 heteroatoms. The highest BCUT2D eigenvalue weighted by Crippen LogP contribution is 2.30. The molecule has 6 nitrogen and oxygen atoms in total. The Morgan fingerprint density at radius 1 is 0.943 bits per heavy atom. The van der Waals surface area contributed by atoms with Gasteiger partial charge in [0.2, 0.25) is 11.5 Å². The highest BCUT2D eigenvalue weighted by Gasteiger charge is 2.35. The van der Waals surface area contributed by atoms with Crippen molar-refractivity contribution in [2.75, 3.05) is 0 Å². The number of hydrogen-bond donors (Lipinski definition) is 0. The minimum Gasteiger partial charge on any atom is -0.867 e. The number of benzene rings is 2. The van der Waals surface area contributed by atoms with Crippen LogP contribution in [0.15, 0.2) is 94.5 Å². The molecular formula is C27H21ClN2O4S. The van der Waals surface area contributed by atoms with E-state index >= 15 is 0 Å². The van der Waals surface area contributed by atoms with Crippen molar-refractivity contribution in [2.45, 2.75) is 30.1 Å². The molecule has 1 atom stereocenters. The monoisotopic (exact) mass is 504 g/mol. The zero-order chi connectivity index (χ0) is 24.6. The Morgan fingerprint density at radius 2 is 1.63 bits per heavy atom. The minimum absolute atomic E-state index is 0.0960. The first-order valence-corrected chi connectivity index (χ1v) is 13.0. The molecule has 176 valence electrons. The van der Waals surface area contributed by atoms with E-state index in [4.69, 9.17) is 11.6 Å². The van der Waals surface area contributed by atoms with Gasteiger partial charge in [0, 0.05) is 22.7 Å². The molecule has 0 amide bonds. The van der Waals surface area contributed by atoms with Crippen LogP contribution in [0.2, 0.25) is 5.02 Å². The summed E-state index contributed by atoms with van der Waals surface area (Å²) in [7, 11) is -4.29. The lowest BCUT2D eigenvalue weighted by Gasteiger charge is -2.23. The van der Waals surface area contributed by atoms with E-state index in [-0.39, 0.29) is 21.7 Å². The van der Waals surface area contributed by atoms with Gasteiger partial charge >= 0.3 is 0 Å². The molecular weight excluding hydrogens is 484 g/mol. The van der Waals surface area contributed by atoms with Gasteiger partial charge in [-0.15, -0.1) is 4.40 Å². The molecule has 0 aliphatic heterocycles. The molecule has 0 saturated heterocycles. The number of sulfonamides is 1. The van der Waals surface area contributed by atoms with Crippen LogP contribution in [0.5, 0.6) is 0 Å². The molecule has 2 aliphatic rings. The van der Waals surface area contributed by atoms with E-state index in [1.165, 1.54) is 34.9 Å². The van der Waals surface area contributed by atoms with Crippen molar-refractivity contribution in [1.29, 1.82) is 0 Å². The first kappa shape index (κ1) is 23.2. The van der Waals surface area contributed by atoms with Gasteiger partial charge in [-0.05, 0) is 66.3 Å². The van der Waals surface area contributed by atoms with Crippen molar-refractivity contribution in [3.05, 3.63) is 107 Å². The second-order valence-corrected chi connectivity index (χ2v) is 10.5. The summed E-state index contributed by atoms with van der Waals surface area (Å²) in [6, 6.07) is 15.6. The Labute approximate surface area is 208 Å². The minimum atomic E-state index is -4.29. The quantitative estimate of drug-likeness (QED) is 0.394. The number of allylic oxidation sites excluding steroid dienone is 3. The van der Waals surface area contributed by atoms with Gasteiger partial charge in [-0.1, -0.05) is 48.0 Å². The van der Waals surface area contributed by atoms with Crippen molar-refractivity contribution in [3.8, 4) is 0 Å². The zero-order valence-electron chi connectivity index (χ0n) is 18.6. The van der Waals surface area contributed by atoms with E-state index in [0.29, 0.717) is 10.9 Å². The van der Waals surface area contributed by atoms with Gasteiger partial charge < -0.3 is 5.11 Å². The third-order valence-corrected chi connectivity index (χ3v) is 7.79. The van der Waals surface area contributed by atoms with Crippen molar-refractivity contribution in [3.63, 3.8) is 0 Å². The molecule has 0 spiro atoms. The number of halogens is 1. The molecule has 0 bridgehead atoms. The average Bonchev–Trinajstić information content (AvgIpc) is 2.88. The topological polar surface area (TPSA) is 90.5 Å². The second kappa shape index (κ2) is 9.24. The third kappa shape index (κ3) is 4.45. The Balaban J connectivity index is 1.65. The maximum atomic E-state index is 13.5. The van der Waals surface area contributed by atoms with Gasteiger partial charge in [0.05, 0.1) is 4.90 Å². The Bertz CT molecular complexity index is 1510. The van der Waals surface area contributed by atoms with Crippen molar-refractivity contribution < 1.29 is 22.9 Å². The molecule has 0 fully saturated rings. The number of rotatable bonds is 4. The van der Waals surface area contributed by atoms with Crippen molar-refractivity contribution in [1.82, 2.24) is 0 Å². The van der Waals surface area contributed by atoms with Crippen LogP contribution in [0.3, 0.4) is 0 Å². The second-order valence-electron chi connectivity index (χ2n) is 8.44. The highest BCUT2D eigenvalue weighted by molar-refractivity contribution is 7.90. The summed E-state index contributed by atoms with van der Waals surface area (Å²) in [5.41, 5.74) is 0.943. The van der Waals surface area contributed by atoms with Crippen LogP contribution >= 0.6 is 11.6 Å². The summed E-state index contributed by atoms with van der Waals surface area (Å²) >= 11 is 5.88. The number of ketones is 1. The lowest BCUT2D eigenvalue weighted by atomic mass is 9.88. The van der Waals surface area contributed by atoms with Crippen molar-refractivity contribution >= 4 is 44.6 Å². The number of Topliss-reactive ketones (excluding diaryl/α,β-unsaturated/α-hetero) is 1. The lowest BCUT2D eigenvalue weighted by molar-refractivity contribution is -0.577. The summed E-state index contributed by atoms with van der Waals surface area (Å²) in [5, 5.41) is 13.9. The summed E-state index contributed by atoms with van der Waals surface area (Å²) in [4.78, 5) is 13.3. The van der Waals surface area contributed by atoms with E-state index < -0.39 is 27.3 Å². The summed E-state index contributed by atoms with van der Waals surface area (Å²) in [5.74, 6) is -0.715. The Kier molecular flexibility index (Phi) is 6.13. The van der Waals surface area contributed by atoms with E-state index in [1.54, 1.807) is 30.6 Å². The Hall–Kier alpha value is -3.55. The van der Waals surface area contributed by atoms with Crippen LogP contribution in [0.25, 0.3) is 11.5 Å². The van der Waals surface area contributed by atoms with Crippen LogP contribution in [-0.2, 0) is 10.0 Å². The molecule has 0 saturated carbocycles. The summed E-state index contributed by atoms with van der Waals surface area (Å²) in [6.45, 7) is 0. The van der Waals surface area contributed by atoms with Crippen molar-refractivity contribution in [2.24, 2.45) is 4.40 Å². The first-order chi connectivity index (χ1) is 16.8. The van der Waals surface area contributed by atoms with Crippen LogP contribution in [0.4, 0.5) is 0 Å². The number of pyridine rings is 1. The molecule has 1 heterocycles. The van der Waals surface area contributed by atoms with Crippen LogP contribution in [0.1, 0.15) is 46.7 Å². The molecule has 3 aromatic rings. The van der Waals surface area contributed by atoms with Gasteiger partial charge in [0.1, 0.15) is 0 Å². The predicted molar refractivity (Wildman–Crippen MR) is 132 cm³/mol. The number of carbonyl (C=O) groups is 1. The molecule has 2 aliphatic carbocycles. The van der Waals surface area contributed by atoms with E-state index in [9.17, 15) is 18.3 Å². The SMILES string of the molecule is O=C1/C(=N\S(=O)(=O)c2ccc(Cl)cc2)C([n+]2ccc(C3CC=CCC3)cc2)=C([O-])c2ccccc21. The third-order valence-electron chi connectivity index (χ3n) is 6.25. The average molecular weight is 505 g/mol. The number of fused-ring (bicyclic) bond motifs is 1. The largest absolute Gasteiger partial charge is 0.867 e. The van der Waals surface area contributed by atoms with Gasteiger partial charge in [-0.3, -0.25) is 4.79 Å². The molecule has 35 heavy (non-hydrogen) atoms. The fourth-order valence-corrected chi connectivity index (χ4v) is 5.53. The molecule has 5 rings (SSSR count). The molecule has 2 aromatic carbocycles. The van der Waals surface area contributed by atoms with Gasteiger partial charge in [-0.2, -0.15) is 13.0 Å². The van der Waals surface area contributed by atoms with Crippen LogP contribution in [0, 0.1) is 0 Å².